The van der Waals surface area contributed by atoms with E-state index in [-0.39, 0.29) is 12.5 Å². The molecule has 0 radical (unpaired) electrons. The maximum absolute atomic E-state index is 11.2. The van der Waals surface area contributed by atoms with Crippen LogP contribution in [-0.4, -0.2) is 26.1 Å². The van der Waals surface area contributed by atoms with Gasteiger partial charge in [-0.25, -0.2) is 0 Å². The summed E-state index contributed by atoms with van der Waals surface area (Å²) in [5.74, 6) is 1.05. The van der Waals surface area contributed by atoms with Crippen molar-refractivity contribution < 1.29 is 9.53 Å². The number of hydrogen-bond donors (Lipinski definition) is 2. The summed E-state index contributed by atoms with van der Waals surface area (Å²) < 4.78 is 5.49. The molecule has 4 nitrogen and oxygen atoms in total. The zero-order valence-electron chi connectivity index (χ0n) is 11.6. The Kier molecular flexibility index (Phi) is 6.67. The van der Waals surface area contributed by atoms with Crippen molar-refractivity contribution in [2.45, 2.75) is 20.4 Å². The zero-order valence-corrected chi connectivity index (χ0v) is 12.4. The highest BCUT2D eigenvalue weighted by Crippen LogP contribution is 2.26. The number of rotatable bonds is 7. The molecule has 0 aliphatic carbocycles. The van der Waals surface area contributed by atoms with E-state index in [1.165, 1.54) is 0 Å². The minimum Gasteiger partial charge on any atom is -0.483 e. The third-order valence-corrected chi connectivity index (χ3v) is 2.92. The van der Waals surface area contributed by atoms with E-state index in [1.54, 1.807) is 7.05 Å². The Hall–Kier alpha value is -1.26. The highest BCUT2D eigenvalue weighted by atomic mass is 35.5. The van der Waals surface area contributed by atoms with E-state index >= 15 is 0 Å². The second-order valence-electron chi connectivity index (χ2n) is 4.70. The largest absolute Gasteiger partial charge is 0.483 e. The highest BCUT2D eigenvalue weighted by Gasteiger charge is 2.09. The normalized spacial score (nSPS) is 10.6. The van der Waals surface area contributed by atoms with Crippen LogP contribution in [0.5, 0.6) is 5.75 Å². The van der Waals surface area contributed by atoms with Crippen molar-refractivity contribution in [2.24, 2.45) is 5.92 Å². The second kappa shape index (κ2) is 8.02. The molecule has 0 bridgehead atoms. The van der Waals surface area contributed by atoms with Crippen LogP contribution >= 0.6 is 11.6 Å². The number of carbonyl (C=O) groups is 1. The predicted molar refractivity (Wildman–Crippen MR) is 77.6 cm³/mol. The maximum Gasteiger partial charge on any atom is 0.257 e. The predicted octanol–water partition coefficient (Wildman–Crippen LogP) is 2.21. The summed E-state index contributed by atoms with van der Waals surface area (Å²) in [6.07, 6.45) is 0. The third-order valence-electron chi connectivity index (χ3n) is 2.57. The first-order valence-corrected chi connectivity index (χ1v) is 6.74. The van der Waals surface area contributed by atoms with Gasteiger partial charge in [0.1, 0.15) is 5.75 Å². The van der Waals surface area contributed by atoms with E-state index in [1.807, 2.05) is 18.2 Å². The van der Waals surface area contributed by atoms with Gasteiger partial charge in [0, 0.05) is 24.2 Å². The number of likely N-dealkylation sites (N-methyl/N-ethyl adjacent to an activating group) is 1. The molecule has 1 rings (SSSR count). The number of carbonyl (C=O) groups excluding carboxylic acids is 1. The number of benzene rings is 1. The van der Waals surface area contributed by atoms with Crippen molar-refractivity contribution in [3.8, 4) is 5.75 Å². The Morgan fingerprint density at radius 2 is 2.16 bits per heavy atom. The van der Waals surface area contributed by atoms with Crippen LogP contribution in [0, 0.1) is 5.92 Å². The summed E-state index contributed by atoms with van der Waals surface area (Å²) in [5.41, 5.74) is 0.883. The van der Waals surface area contributed by atoms with Gasteiger partial charge in [-0.3, -0.25) is 4.79 Å². The summed E-state index contributed by atoms with van der Waals surface area (Å²) in [6, 6.07) is 5.45. The fourth-order valence-electron chi connectivity index (χ4n) is 1.55. The molecule has 0 unspecified atom stereocenters. The van der Waals surface area contributed by atoms with Gasteiger partial charge in [-0.15, -0.1) is 0 Å². The summed E-state index contributed by atoms with van der Waals surface area (Å²) in [6.45, 7) is 5.81. The molecule has 1 aromatic rings. The summed E-state index contributed by atoms with van der Waals surface area (Å²) in [4.78, 5) is 11.2. The van der Waals surface area contributed by atoms with E-state index in [9.17, 15) is 4.79 Å². The standard InChI is InChI=1S/C14H21ClN2O2/c1-10(2)7-17-8-11-12(15)5-4-6-13(11)19-9-14(18)16-3/h4-6,10,17H,7-9H2,1-3H3,(H,16,18). The lowest BCUT2D eigenvalue weighted by molar-refractivity contribution is -0.122. The average molecular weight is 285 g/mol. The highest BCUT2D eigenvalue weighted by molar-refractivity contribution is 6.31. The van der Waals surface area contributed by atoms with Gasteiger partial charge in [0.05, 0.1) is 0 Å². The van der Waals surface area contributed by atoms with Gasteiger partial charge >= 0.3 is 0 Å². The van der Waals surface area contributed by atoms with Crippen LogP contribution in [0.2, 0.25) is 5.02 Å². The smallest absolute Gasteiger partial charge is 0.257 e. The minimum absolute atomic E-state index is 0.00593. The number of ether oxygens (including phenoxy) is 1. The topological polar surface area (TPSA) is 50.4 Å². The average Bonchev–Trinajstić information content (AvgIpc) is 2.38. The van der Waals surface area contributed by atoms with Crippen LogP contribution in [0.4, 0.5) is 0 Å². The lowest BCUT2D eigenvalue weighted by Gasteiger charge is -2.14. The molecule has 0 aliphatic heterocycles. The Balaban J connectivity index is 2.68. The third kappa shape index (κ3) is 5.49. The quantitative estimate of drug-likeness (QED) is 0.807. The molecule has 0 aromatic heterocycles. The van der Waals surface area contributed by atoms with Crippen molar-refractivity contribution in [1.29, 1.82) is 0 Å². The Morgan fingerprint density at radius 3 is 2.79 bits per heavy atom. The van der Waals surface area contributed by atoms with E-state index in [0.29, 0.717) is 23.2 Å². The van der Waals surface area contributed by atoms with Gasteiger partial charge in [0.25, 0.3) is 5.91 Å². The van der Waals surface area contributed by atoms with Crippen molar-refractivity contribution in [1.82, 2.24) is 10.6 Å². The van der Waals surface area contributed by atoms with Crippen molar-refractivity contribution in [2.75, 3.05) is 20.2 Å². The van der Waals surface area contributed by atoms with E-state index in [2.05, 4.69) is 24.5 Å². The first-order chi connectivity index (χ1) is 9.04. The number of halogens is 1. The fourth-order valence-corrected chi connectivity index (χ4v) is 1.78. The molecule has 0 aliphatic rings. The molecule has 0 fully saturated rings. The number of nitrogens with one attached hydrogen (secondary N) is 2. The number of hydrogen-bond acceptors (Lipinski definition) is 3. The Labute approximate surface area is 119 Å². The molecule has 1 amide bonds. The second-order valence-corrected chi connectivity index (χ2v) is 5.11. The molecule has 0 heterocycles. The van der Waals surface area contributed by atoms with Crippen LogP contribution in [-0.2, 0) is 11.3 Å². The molecule has 106 valence electrons. The molecule has 0 atom stereocenters. The molecular weight excluding hydrogens is 264 g/mol. The van der Waals surface area contributed by atoms with Crippen LogP contribution in [0.25, 0.3) is 0 Å². The lowest BCUT2D eigenvalue weighted by atomic mass is 10.1. The van der Waals surface area contributed by atoms with Crippen LogP contribution in [0.1, 0.15) is 19.4 Å². The molecular formula is C14H21ClN2O2. The molecule has 0 spiro atoms. The lowest BCUT2D eigenvalue weighted by Crippen LogP contribution is -2.25. The molecule has 0 saturated carbocycles. The Bertz CT molecular complexity index is 422. The van der Waals surface area contributed by atoms with Gasteiger partial charge < -0.3 is 15.4 Å². The first-order valence-electron chi connectivity index (χ1n) is 6.36. The number of amides is 1. The van der Waals surface area contributed by atoms with Crippen molar-refractivity contribution >= 4 is 17.5 Å². The van der Waals surface area contributed by atoms with Crippen LogP contribution in [0.3, 0.4) is 0 Å². The molecule has 2 N–H and O–H groups in total. The van der Waals surface area contributed by atoms with Gasteiger partial charge in [-0.05, 0) is 24.6 Å². The molecule has 1 aromatic carbocycles. The molecule has 5 heteroatoms. The van der Waals surface area contributed by atoms with Gasteiger partial charge in [0.2, 0.25) is 0 Å². The van der Waals surface area contributed by atoms with Crippen molar-refractivity contribution in [3.05, 3.63) is 28.8 Å². The fraction of sp³-hybridized carbons (Fsp3) is 0.500. The zero-order chi connectivity index (χ0) is 14.3. The van der Waals surface area contributed by atoms with E-state index < -0.39 is 0 Å². The molecule has 19 heavy (non-hydrogen) atoms. The van der Waals surface area contributed by atoms with Gasteiger partial charge in [-0.1, -0.05) is 31.5 Å². The summed E-state index contributed by atoms with van der Waals surface area (Å²) in [7, 11) is 1.58. The summed E-state index contributed by atoms with van der Waals surface area (Å²) >= 11 is 6.17. The minimum atomic E-state index is -0.166. The summed E-state index contributed by atoms with van der Waals surface area (Å²) in [5, 5.41) is 6.48. The first kappa shape index (κ1) is 15.8. The van der Waals surface area contributed by atoms with Crippen LogP contribution in [0.15, 0.2) is 18.2 Å². The SMILES string of the molecule is CNC(=O)COc1cccc(Cl)c1CNCC(C)C. The van der Waals surface area contributed by atoms with E-state index in [4.69, 9.17) is 16.3 Å². The molecule has 0 saturated heterocycles. The van der Waals surface area contributed by atoms with Gasteiger partial charge in [0.15, 0.2) is 6.61 Å². The monoisotopic (exact) mass is 284 g/mol. The van der Waals surface area contributed by atoms with Crippen LogP contribution < -0.4 is 15.4 Å². The maximum atomic E-state index is 11.2. The Morgan fingerprint density at radius 1 is 1.42 bits per heavy atom. The van der Waals surface area contributed by atoms with Crippen molar-refractivity contribution in [3.63, 3.8) is 0 Å². The van der Waals surface area contributed by atoms with Gasteiger partial charge in [-0.2, -0.15) is 0 Å². The van der Waals surface area contributed by atoms with E-state index in [0.717, 1.165) is 12.1 Å².